The Balaban J connectivity index is 2.22. The van der Waals surface area contributed by atoms with Gasteiger partial charge in [0.05, 0.1) is 16.7 Å². The maximum Gasteiger partial charge on any atom is 0.0989 e. The molecule has 0 saturated carbocycles. The van der Waals surface area contributed by atoms with Gasteiger partial charge in [-0.15, -0.1) is 0 Å². The minimum atomic E-state index is -0.610. The lowest BCUT2D eigenvalue weighted by Gasteiger charge is -2.23. The molecular weight excluding hydrogens is 200 g/mol. The maximum absolute atomic E-state index is 6.31. The molecular formula is C12H12N4. The third kappa shape index (κ3) is 1.24. The molecule has 4 heteroatoms. The first-order chi connectivity index (χ1) is 7.80. The van der Waals surface area contributed by atoms with E-state index >= 15 is 0 Å². The number of nitrogens with two attached hydrogens (primary N) is 1. The van der Waals surface area contributed by atoms with Crippen LogP contribution in [0.5, 0.6) is 0 Å². The first kappa shape index (κ1) is 9.18. The van der Waals surface area contributed by atoms with Crippen LogP contribution >= 0.6 is 0 Å². The Labute approximate surface area is 92.8 Å². The van der Waals surface area contributed by atoms with Gasteiger partial charge in [0.15, 0.2) is 0 Å². The van der Waals surface area contributed by atoms with E-state index in [4.69, 9.17) is 5.73 Å². The van der Waals surface area contributed by atoms with Crippen molar-refractivity contribution in [3.05, 3.63) is 54.5 Å². The minimum Gasteiger partial charge on any atom is -0.368 e. The summed E-state index contributed by atoms with van der Waals surface area (Å²) in [6.45, 7) is 0. The van der Waals surface area contributed by atoms with Crippen molar-refractivity contribution in [2.24, 2.45) is 5.73 Å². The van der Waals surface area contributed by atoms with Crippen molar-refractivity contribution in [2.75, 3.05) is 0 Å². The van der Waals surface area contributed by atoms with Crippen molar-refractivity contribution in [1.82, 2.24) is 15.5 Å². The number of para-hydroxylation sites is 1. The molecule has 2 aromatic rings. The fourth-order valence-corrected chi connectivity index (χ4v) is 1.94. The SMILES string of the molecule is NC1(c2[nH]nc3ccccc23)C=CNC=C1. The smallest absolute Gasteiger partial charge is 0.0989 e. The number of fused-ring (bicyclic) bond motifs is 1. The van der Waals surface area contributed by atoms with Gasteiger partial charge < -0.3 is 11.1 Å². The van der Waals surface area contributed by atoms with Gasteiger partial charge in [-0.25, -0.2) is 0 Å². The molecule has 4 N–H and O–H groups in total. The molecule has 0 spiro atoms. The first-order valence-electron chi connectivity index (χ1n) is 5.13. The number of rotatable bonds is 1. The standard InChI is InChI=1S/C12H12N4/c13-12(5-7-14-8-6-12)11-9-3-1-2-4-10(9)15-16-11/h1-8,14H,13H2,(H,15,16). The summed E-state index contributed by atoms with van der Waals surface area (Å²) in [6, 6.07) is 7.93. The highest BCUT2D eigenvalue weighted by molar-refractivity contribution is 5.82. The van der Waals surface area contributed by atoms with E-state index in [0.29, 0.717) is 0 Å². The highest BCUT2D eigenvalue weighted by atomic mass is 15.1. The summed E-state index contributed by atoms with van der Waals surface area (Å²) in [5, 5.41) is 11.3. The van der Waals surface area contributed by atoms with Gasteiger partial charge in [-0.1, -0.05) is 18.2 Å². The Morgan fingerprint density at radius 1 is 1.12 bits per heavy atom. The molecule has 2 heterocycles. The zero-order valence-corrected chi connectivity index (χ0v) is 8.64. The molecule has 0 radical (unpaired) electrons. The summed E-state index contributed by atoms with van der Waals surface area (Å²) in [6.07, 6.45) is 7.48. The highest BCUT2D eigenvalue weighted by Crippen LogP contribution is 2.27. The number of dihydropyridines is 1. The summed E-state index contributed by atoms with van der Waals surface area (Å²) in [5.74, 6) is 0. The van der Waals surface area contributed by atoms with Crippen LogP contribution in [0.25, 0.3) is 10.9 Å². The van der Waals surface area contributed by atoms with E-state index in [1.54, 1.807) is 0 Å². The fraction of sp³-hybridized carbons (Fsp3) is 0.0833. The lowest BCUT2D eigenvalue weighted by Crippen LogP contribution is -2.35. The molecule has 0 amide bonds. The van der Waals surface area contributed by atoms with Crippen LogP contribution in [0.2, 0.25) is 0 Å². The quantitative estimate of drug-likeness (QED) is 0.668. The summed E-state index contributed by atoms with van der Waals surface area (Å²) in [4.78, 5) is 0. The molecule has 1 aliphatic rings. The van der Waals surface area contributed by atoms with Crippen molar-refractivity contribution in [2.45, 2.75) is 5.54 Å². The van der Waals surface area contributed by atoms with Gasteiger partial charge in [0, 0.05) is 5.39 Å². The Kier molecular flexibility index (Phi) is 1.84. The van der Waals surface area contributed by atoms with Crippen LogP contribution in [0.4, 0.5) is 0 Å². The maximum atomic E-state index is 6.31. The molecule has 0 fully saturated rings. The summed E-state index contributed by atoms with van der Waals surface area (Å²) >= 11 is 0. The van der Waals surface area contributed by atoms with Gasteiger partial charge in [-0.2, -0.15) is 5.10 Å². The van der Waals surface area contributed by atoms with Crippen LogP contribution in [0.3, 0.4) is 0 Å². The van der Waals surface area contributed by atoms with Crippen molar-refractivity contribution in [1.29, 1.82) is 0 Å². The molecule has 0 bridgehead atoms. The molecule has 1 aromatic carbocycles. The van der Waals surface area contributed by atoms with E-state index in [1.807, 2.05) is 48.8 Å². The number of aromatic nitrogens is 2. The largest absolute Gasteiger partial charge is 0.368 e. The summed E-state index contributed by atoms with van der Waals surface area (Å²) in [5.41, 5.74) is 7.54. The van der Waals surface area contributed by atoms with Crippen LogP contribution in [-0.2, 0) is 5.54 Å². The summed E-state index contributed by atoms with van der Waals surface area (Å²) < 4.78 is 0. The number of hydrogen-bond acceptors (Lipinski definition) is 3. The number of benzene rings is 1. The molecule has 0 aliphatic carbocycles. The molecule has 0 saturated heterocycles. The minimum absolute atomic E-state index is 0.610. The number of H-pyrrole nitrogens is 1. The van der Waals surface area contributed by atoms with Gasteiger partial charge >= 0.3 is 0 Å². The van der Waals surface area contributed by atoms with E-state index in [0.717, 1.165) is 16.6 Å². The van der Waals surface area contributed by atoms with Crippen LogP contribution in [0.15, 0.2) is 48.8 Å². The van der Waals surface area contributed by atoms with Gasteiger partial charge in [-0.05, 0) is 30.6 Å². The third-order valence-electron chi connectivity index (χ3n) is 2.81. The van der Waals surface area contributed by atoms with Crippen molar-refractivity contribution in [3.63, 3.8) is 0 Å². The Hall–Kier alpha value is -2.07. The number of nitrogens with one attached hydrogen (secondary N) is 2. The Bertz CT molecular complexity index is 567. The molecule has 3 rings (SSSR count). The molecule has 1 aliphatic heterocycles. The second kappa shape index (κ2) is 3.21. The zero-order chi connectivity index (χ0) is 11.0. The Morgan fingerprint density at radius 3 is 2.69 bits per heavy atom. The van der Waals surface area contributed by atoms with Crippen molar-refractivity contribution >= 4 is 10.9 Å². The zero-order valence-electron chi connectivity index (χ0n) is 8.64. The lowest BCUT2D eigenvalue weighted by atomic mass is 9.92. The van der Waals surface area contributed by atoms with Crippen molar-refractivity contribution < 1.29 is 0 Å². The van der Waals surface area contributed by atoms with Gasteiger partial charge in [-0.3, -0.25) is 5.10 Å². The normalized spacial score (nSPS) is 17.6. The second-order valence-corrected chi connectivity index (χ2v) is 3.88. The molecule has 4 nitrogen and oxygen atoms in total. The van der Waals surface area contributed by atoms with Crippen LogP contribution in [-0.4, -0.2) is 10.2 Å². The monoisotopic (exact) mass is 212 g/mol. The molecule has 0 atom stereocenters. The van der Waals surface area contributed by atoms with Gasteiger partial charge in [0.2, 0.25) is 0 Å². The van der Waals surface area contributed by atoms with Gasteiger partial charge in [0.25, 0.3) is 0 Å². The summed E-state index contributed by atoms with van der Waals surface area (Å²) in [7, 11) is 0. The third-order valence-corrected chi connectivity index (χ3v) is 2.81. The highest BCUT2D eigenvalue weighted by Gasteiger charge is 2.26. The van der Waals surface area contributed by atoms with E-state index in [1.165, 1.54) is 0 Å². The van der Waals surface area contributed by atoms with Crippen LogP contribution < -0.4 is 11.1 Å². The molecule has 16 heavy (non-hydrogen) atoms. The van der Waals surface area contributed by atoms with E-state index in [9.17, 15) is 0 Å². The number of hydrogen-bond donors (Lipinski definition) is 3. The molecule has 0 unspecified atom stereocenters. The molecule has 80 valence electrons. The van der Waals surface area contributed by atoms with Crippen LogP contribution in [0, 0.1) is 0 Å². The Morgan fingerprint density at radius 2 is 1.88 bits per heavy atom. The topological polar surface area (TPSA) is 66.7 Å². The predicted octanol–water partition coefficient (Wildman–Crippen LogP) is 1.35. The van der Waals surface area contributed by atoms with E-state index in [-0.39, 0.29) is 0 Å². The average Bonchev–Trinajstić information content (AvgIpc) is 2.74. The average molecular weight is 212 g/mol. The fourth-order valence-electron chi connectivity index (χ4n) is 1.94. The van der Waals surface area contributed by atoms with Crippen molar-refractivity contribution in [3.8, 4) is 0 Å². The van der Waals surface area contributed by atoms with E-state index < -0.39 is 5.54 Å². The lowest BCUT2D eigenvalue weighted by molar-refractivity contribution is 0.666. The second-order valence-electron chi connectivity index (χ2n) is 3.88. The molecule has 1 aromatic heterocycles. The number of nitrogens with zero attached hydrogens (tertiary/aromatic N) is 1. The van der Waals surface area contributed by atoms with E-state index in [2.05, 4.69) is 15.5 Å². The number of aromatic amines is 1. The van der Waals surface area contributed by atoms with Crippen LogP contribution in [0.1, 0.15) is 5.69 Å². The predicted molar refractivity (Wildman–Crippen MR) is 63.4 cm³/mol. The van der Waals surface area contributed by atoms with Gasteiger partial charge in [0.1, 0.15) is 0 Å². The first-order valence-corrected chi connectivity index (χ1v) is 5.13.